The Labute approximate surface area is 146 Å². The number of rotatable bonds is 7. The largest absolute Gasteiger partial charge is 0.497 e. The van der Waals surface area contributed by atoms with Crippen LogP contribution >= 0.6 is 0 Å². The molecule has 2 aromatic carbocycles. The third kappa shape index (κ3) is 4.64. The van der Waals surface area contributed by atoms with Crippen LogP contribution in [0.5, 0.6) is 17.2 Å². The van der Waals surface area contributed by atoms with E-state index in [1.54, 1.807) is 50.6 Å². The molecule has 0 fully saturated rings. The Hall–Kier alpha value is -2.73. The van der Waals surface area contributed by atoms with Gasteiger partial charge in [0.2, 0.25) is 0 Å². The third-order valence-corrected chi connectivity index (χ3v) is 3.81. The minimum absolute atomic E-state index is 0.289. The average molecular weight is 346 g/mol. The van der Waals surface area contributed by atoms with Crippen molar-refractivity contribution in [2.24, 2.45) is 0 Å². The lowest BCUT2D eigenvalue weighted by molar-refractivity contribution is 0.0600. The summed E-state index contributed by atoms with van der Waals surface area (Å²) in [7, 11) is 5.94. The number of ether oxygens (including phenoxy) is 4. The summed E-state index contributed by atoms with van der Waals surface area (Å²) < 4.78 is 20.4. The second-order valence-corrected chi connectivity index (χ2v) is 5.43. The minimum Gasteiger partial charge on any atom is -0.497 e. The van der Waals surface area contributed by atoms with Gasteiger partial charge in [0.1, 0.15) is 17.2 Å². The molecule has 0 aromatic heterocycles. The quantitative estimate of drug-likeness (QED) is 0.777. The van der Waals surface area contributed by atoms with Crippen LogP contribution in [0.4, 0.5) is 0 Å². The van der Waals surface area contributed by atoms with Crippen molar-refractivity contribution in [1.82, 2.24) is 0 Å². The molecule has 1 N–H and O–H groups in total. The van der Waals surface area contributed by atoms with Gasteiger partial charge < -0.3 is 24.1 Å². The summed E-state index contributed by atoms with van der Waals surface area (Å²) in [6.45, 7) is 0. The highest BCUT2D eigenvalue weighted by Gasteiger charge is 2.15. The molecule has 25 heavy (non-hydrogen) atoms. The Morgan fingerprint density at radius 2 is 1.44 bits per heavy atom. The average Bonchev–Trinajstić information content (AvgIpc) is 2.66. The van der Waals surface area contributed by atoms with Crippen molar-refractivity contribution in [3.63, 3.8) is 0 Å². The van der Waals surface area contributed by atoms with Crippen molar-refractivity contribution in [2.45, 2.75) is 12.5 Å². The van der Waals surface area contributed by atoms with E-state index in [9.17, 15) is 9.90 Å². The first-order valence-electron chi connectivity index (χ1n) is 7.68. The van der Waals surface area contributed by atoms with Crippen LogP contribution in [-0.2, 0) is 11.2 Å². The van der Waals surface area contributed by atoms with E-state index in [1.807, 2.05) is 0 Å². The molecule has 1 unspecified atom stereocenters. The highest BCUT2D eigenvalue weighted by atomic mass is 16.5. The zero-order valence-electron chi connectivity index (χ0n) is 14.7. The van der Waals surface area contributed by atoms with Crippen LogP contribution in [-0.4, -0.2) is 39.5 Å². The number of aliphatic hydroxyl groups excluding tert-OH is 1. The lowest BCUT2D eigenvalue weighted by Gasteiger charge is -2.15. The minimum atomic E-state index is -0.804. The van der Waals surface area contributed by atoms with E-state index < -0.39 is 12.1 Å². The number of carbonyl (C=O) groups is 1. The van der Waals surface area contributed by atoms with Gasteiger partial charge in [-0.15, -0.1) is 0 Å². The Morgan fingerprint density at radius 3 is 1.96 bits per heavy atom. The zero-order valence-corrected chi connectivity index (χ0v) is 14.7. The molecule has 6 nitrogen and oxygen atoms in total. The predicted molar refractivity (Wildman–Crippen MR) is 92.5 cm³/mol. The van der Waals surface area contributed by atoms with Gasteiger partial charge in [-0.3, -0.25) is 0 Å². The first-order valence-corrected chi connectivity index (χ1v) is 7.68. The fourth-order valence-corrected chi connectivity index (χ4v) is 2.50. The fraction of sp³-hybridized carbons (Fsp3) is 0.316. The zero-order chi connectivity index (χ0) is 18.4. The van der Waals surface area contributed by atoms with Gasteiger partial charge in [0, 0.05) is 12.5 Å². The maximum Gasteiger partial charge on any atom is 0.337 e. The smallest absolute Gasteiger partial charge is 0.337 e. The van der Waals surface area contributed by atoms with E-state index >= 15 is 0 Å². The summed E-state index contributed by atoms with van der Waals surface area (Å²) >= 11 is 0. The molecule has 0 saturated carbocycles. The van der Waals surface area contributed by atoms with Gasteiger partial charge in [0.25, 0.3) is 0 Å². The second kappa shape index (κ2) is 8.39. The first-order chi connectivity index (χ1) is 12.0. The number of benzene rings is 2. The summed E-state index contributed by atoms with van der Waals surface area (Å²) in [6.07, 6.45) is -0.515. The maximum absolute atomic E-state index is 11.8. The molecule has 2 aromatic rings. The third-order valence-electron chi connectivity index (χ3n) is 3.81. The molecule has 0 amide bonds. The summed E-state index contributed by atoms with van der Waals surface area (Å²) in [4.78, 5) is 11.8. The summed E-state index contributed by atoms with van der Waals surface area (Å²) in [5, 5.41) is 10.6. The summed E-state index contributed by atoms with van der Waals surface area (Å²) in [5.41, 5.74) is 1.76. The van der Waals surface area contributed by atoms with E-state index in [-0.39, 0.29) is 6.42 Å². The van der Waals surface area contributed by atoms with E-state index in [4.69, 9.17) is 18.9 Å². The Morgan fingerprint density at radius 1 is 0.880 bits per heavy atom. The topological polar surface area (TPSA) is 74.2 Å². The van der Waals surface area contributed by atoms with Crippen molar-refractivity contribution in [3.05, 3.63) is 53.1 Å². The van der Waals surface area contributed by atoms with Gasteiger partial charge in [-0.2, -0.15) is 0 Å². The fourth-order valence-electron chi connectivity index (χ4n) is 2.50. The number of hydrogen-bond acceptors (Lipinski definition) is 6. The second-order valence-electron chi connectivity index (χ2n) is 5.43. The number of hydrogen-bond donors (Lipinski definition) is 1. The molecule has 0 radical (unpaired) electrons. The van der Waals surface area contributed by atoms with Gasteiger partial charge in [0.15, 0.2) is 0 Å². The summed E-state index contributed by atoms with van der Waals surface area (Å²) in [5.74, 6) is 1.24. The molecular weight excluding hydrogens is 324 g/mol. The predicted octanol–water partition coefficient (Wildman–Crippen LogP) is 2.78. The van der Waals surface area contributed by atoms with E-state index in [1.165, 1.54) is 14.2 Å². The number of methoxy groups -OCH3 is 4. The monoisotopic (exact) mass is 346 g/mol. The molecule has 6 heteroatoms. The van der Waals surface area contributed by atoms with Crippen LogP contribution in [0.25, 0.3) is 0 Å². The van der Waals surface area contributed by atoms with Crippen LogP contribution < -0.4 is 14.2 Å². The van der Waals surface area contributed by atoms with Gasteiger partial charge in [-0.05, 0) is 41.5 Å². The maximum atomic E-state index is 11.8. The molecule has 0 aliphatic rings. The molecule has 0 saturated heterocycles. The van der Waals surface area contributed by atoms with Gasteiger partial charge in [0.05, 0.1) is 40.1 Å². The molecule has 0 spiro atoms. The molecule has 1 atom stereocenters. The summed E-state index contributed by atoms with van der Waals surface area (Å²) in [6, 6.07) is 10.3. The molecular formula is C19H22O6. The molecule has 2 rings (SSSR count). The van der Waals surface area contributed by atoms with Gasteiger partial charge >= 0.3 is 5.97 Å². The lowest BCUT2D eigenvalue weighted by atomic mass is 9.99. The van der Waals surface area contributed by atoms with E-state index in [0.717, 1.165) is 5.56 Å². The highest BCUT2D eigenvalue weighted by Crippen LogP contribution is 2.29. The molecule has 0 bridgehead atoms. The van der Waals surface area contributed by atoms with Crippen LogP contribution in [0.2, 0.25) is 0 Å². The van der Waals surface area contributed by atoms with Crippen molar-refractivity contribution < 1.29 is 28.8 Å². The van der Waals surface area contributed by atoms with Crippen LogP contribution in [0.1, 0.15) is 27.6 Å². The van der Waals surface area contributed by atoms with E-state index in [0.29, 0.717) is 28.4 Å². The van der Waals surface area contributed by atoms with E-state index in [2.05, 4.69) is 0 Å². The van der Waals surface area contributed by atoms with Gasteiger partial charge in [-0.1, -0.05) is 0 Å². The molecule has 0 aliphatic heterocycles. The standard InChI is InChI=1S/C19H22O6/c1-22-15-6-12(5-14(10-15)19(21)25-4)7-18(20)13-8-16(23-2)11-17(9-13)24-3/h5-6,8-11,18,20H,7H2,1-4H3. The van der Waals surface area contributed by atoms with Crippen LogP contribution in [0.15, 0.2) is 36.4 Å². The highest BCUT2D eigenvalue weighted by molar-refractivity contribution is 5.90. The Kier molecular flexibility index (Phi) is 6.25. The number of esters is 1. The number of carbonyl (C=O) groups excluding carboxylic acids is 1. The first kappa shape index (κ1) is 18.6. The van der Waals surface area contributed by atoms with Gasteiger partial charge in [-0.25, -0.2) is 4.79 Å². The normalized spacial score (nSPS) is 11.6. The van der Waals surface area contributed by atoms with Crippen molar-refractivity contribution >= 4 is 5.97 Å². The van der Waals surface area contributed by atoms with Crippen LogP contribution in [0, 0.1) is 0 Å². The van der Waals surface area contributed by atoms with Crippen molar-refractivity contribution in [3.8, 4) is 17.2 Å². The lowest BCUT2D eigenvalue weighted by Crippen LogP contribution is -2.06. The molecule has 134 valence electrons. The van der Waals surface area contributed by atoms with Crippen molar-refractivity contribution in [2.75, 3.05) is 28.4 Å². The Balaban J connectivity index is 2.31. The Bertz CT molecular complexity index is 718. The SMILES string of the molecule is COC(=O)c1cc(CC(O)c2cc(OC)cc(OC)c2)cc(OC)c1. The molecule has 0 heterocycles. The number of aliphatic hydroxyl groups is 1. The van der Waals surface area contributed by atoms with Crippen molar-refractivity contribution in [1.29, 1.82) is 0 Å². The van der Waals surface area contributed by atoms with Crippen LogP contribution in [0.3, 0.4) is 0 Å². The molecule has 0 aliphatic carbocycles.